The number of hydrogen-bond donors (Lipinski definition) is 2. The number of hydrogen-bond acceptors (Lipinski definition) is 3. The first-order valence-corrected chi connectivity index (χ1v) is 8.95. The first-order valence-electron chi connectivity index (χ1n) is 8.95. The summed E-state index contributed by atoms with van der Waals surface area (Å²) in [4.78, 5) is 2.42. The maximum Gasteiger partial charge on any atom is 0.0942 e. The molecule has 3 rings (SSSR count). The molecule has 1 aliphatic heterocycles. The van der Waals surface area contributed by atoms with Crippen LogP contribution in [-0.2, 0) is 6.42 Å². The van der Waals surface area contributed by atoms with Crippen LogP contribution >= 0.6 is 0 Å². The van der Waals surface area contributed by atoms with Crippen LogP contribution in [-0.4, -0.2) is 29.1 Å². The predicted octanol–water partition coefficient (Wildman–Crippen LogP) is 3.65. The van der Waals surface area contributed by atoms with Crippen LogP contribution in [0.3, 0.4) is 0 Å². The van der Waals surface area contributed by atoms with Gasteiger partial charge in [-0.1, -0.05) is 42.5 Å². The maximum atomic E-state index is 10.7. The fourth-order valence-electron chi connectivity index (χ4n) is 3.68. The topological polar surface area (TPSA) is 49.5 Å². The van der Waals surface area contributed by atoms with Crippen molar-refractivity contribution in [1.29, 1.82) is 0 Å². The molecule has 0 bridgehead atoms. The largest absolute Gasteiger partial charge is 0.399 e. The highest BCUT2D eigenvalue weighted by atomic mass is 16.3. The third-order valence-electron chi connectivity index (χ3n) is 5.33. The van der Waals surface area contributed by atoms with Crippen molar-refractivity contribution in [3.8, 4) is 0 Å². The number of rotatable bonds is 5. The van der Waals surface area contributed by atoms with Crippen LogP contribution in [0.4, 0.5) is 5.69 Å². The van der Waals surface area contributed by atoms with E-state index >= 15 is 0 Å². The number of likely N-dealkylation sites (tertiary alicyclic amines) is 1. The van der Waals surface area contributed by atoms with Gasteiger partial charge in [0.2, 0.25) is 0 Å². The molecule has 0 spiro atoms. The molecule has 0 amide bonds. The zero-order chi connectivity index (χ0) is 16.9. The van der Waals surface area contributed by atoms with Gasteiger partial charge in [0.25, 0.3) is 0 Å². The van der Waals surface area contributed by atoms with Crippen molar-refractivity contribution in [1.82, 2.24) is 4.90 Å². The minimum Gasteiger partial charge on any atom is -0.399 e. The van der Waals surface area contributed by atoms with Crippen LogP contribution in [0.1, 0.15) is 37.0 Å². The number of nitrogens with zero attached hydrogens (tertiary/aromatic N) is 1. The smallest absolute Gasteiger partial charge is 0.0942 e. The lowest BCUT2D eigenvalue weighted by molar-refractivity contribution is 0.0373. The molecule has 1 saturated heterocycles. The zero-order valence-corrected chi connectivity index (χ0v) is 14.4. The standard InChI is InChI=1S/C21H28N2O/c1-16(21(24)19-7-9-20(22)10-8-19)23-13-11-18(12-14-23)15-17-5-3-2-4-6-17/h2-10,16,18,21,24H,11-15,22H2,1H3/t16-,21-/m0/s1. The molecule has 128 valence electrons. The highest BCUT2D eigenvalue weighted by molar-refractivity contribution is 5.40. The predicted molar refractivity (Wildman–Crippen MR) is 99.7 cm³/mol. The van der Waals surface area contributed by atoms with Gasteiger partial charge in [-0.3, -0.25) is 4.90 Å². The molecule has 2 aromatic rings. The molecule has 3 nitrogen and oxygen atoms in total. The lowest BCUT2D eigenvalue weighted by Crippen LogP contribution is -2.43. The van der Waals surface area contributed by atoms with Gasteiger partial charge in [-0.15, -0.1) is 0 Å². The van der Waals surface area contributed by atoms with Crippen LogP contribution < -0.4 is 5.73 Å². The van der Waals surface area contributed by atoms with Gasteiger partial charge < -0.3 is 10.8 Å². The van der Waals surface area contributed by atoms with Gasteiger partial charge in [-0.25, -0.2) is 0 Å². The van der Waals surface area contributed by atoms with Gasteiger partial charge >= 0.3 is 0 Å². The average molecular weight is 324 g/mol. The zero-order valence-electron chi connectivity index (χ0n) is 14.4. The Bertz CT molecular complexity index is 618. The monoisotopic (exact) mass is 324 g/mol. The van der Waals surface area contributed by atoms with Gasteiger partial charge in [0, 0.05) is 11.7 Å². The third-order valence-corrected chi connectivity index (χ3v) is 5.33. The molecule has 1 aliphatic rings. The minimum absolute atomic E-state index is 0.131. The molecule has 24 heavy (non-hydrogen) atoms. The Labute approximate surface area is 145 Å². The average Bonchev–Trinajstić information content (AvgIpc) is 2.63. The number of aliphatic hydroxyl groups is 1. The highest BCUT2D eigenvalue weighted by Gasteiger charge is 2.27. The molecular weight excluding hydrogens is 296 g/mol. The SMILES string of the molecule is C[C@@H]([C@H](O)c1ccc(N)cc1)N1CCC(Cc2ccccc2)CC1. The van der Waals surface area contributed by atoms with Gasteiger partial charge in [0.15, 0.2) is 0 Å². The summed E-state index contributed by atoms with van der Waals surface area (Å²) in [5.74, 6) is 0.754. The molecule has 0 radical (unpaired) electrons. The van der Waals surface area contributed by atoms with E-state index in [1.807, 2.05) is 24.3 Å². The van der Waals surface area contributed by atoms with Gasteiger partial charge in [-0.2, -0.15) is 0 Å². The second-order valence-electron chi connectivity index (χ2n) is 7.02. The summed E-state index contributed by atoms with van der Waals surface area (Å²) in [6.45, 7) is 4.24. The summed E-state index contributed by atoms with van der Waals surface area (Å²) in [7, 11) is 0. The molecule has 0 aliphatic carbocycles. The van der Waals surface area contributed by atoms with E-state index < -0.39 is 6.10 Å². The van der Waals surface area contributed by atoms with E-state index in [2.05, 4.69) is 42.2 Å². The normalized spacial score (nSPS) is 19.1. The van der Waals surface area contributed by atoms with Crippen molar-refractivity contribution in [3.63, 3.8) is 0 Å². The van der Waals surface area contributed by atoms with Crippen LogP contribution in [0.5, 0.6) is 0 Å². The summed E-state index contributed by atoms with van der Waals surface area (Å²) in [5.41, 5.74) is 8.85. The minimum atomic E-state index is -0.462. The van der Waals surface area contributed by atoms with Crippen molar-refractivity contribution >= 4 is 5.69 Å². The molecule has 3 N–H and O–H groups in total. The number of aliphatic hydroxyl groups excluding tert-OH is 1. The van der Waals surface area contributed by atoms with Crippen molar-refractivity contribution in [3.05, 3.63) is 65.7 Å². The lowest BCUT2D eigenvalue weighted by atomic mass is 9.89. The van der Waals surface area contributed by atoms with Crippen molar-refractivity contribution in [2.75, 3.05) is 18.8 Å². The van der Waals surface area contributed by atoms with Crippen LogP contribution in [0.2, 0.25) is 0 Å². The van der Waals surface area contributed by atoms with E-state index in [0.29, 0.717) is 0 Å². The Hall–Kier alpha value is -1.84. The Kier molecular flexibility index (Phi) is 5.54. The second kappa shape index (κ2) is 7.82. The fraction of sp³-hybridized carbons (Fsp3) is 0.429. The summed E-state index contributed by atoms with van der Waals surface area (Å²) in [6.07, 6.45) is 3.11. The van der Waals surface area contributed by atoms with Gasteiger partial charge in [0.1, 0.15) is 0 Å². The maximum absolute atomic E-state index is 10.7. The third kappa shape index (κ3) is 4.16. The number of piperidine rings is 1. The first kappa shape index (κ1) is 17.0. The molecule has 2 atom stereocenters. The Morgan fingerprint density at radius 1 is 1.04 bits per heavy atom. The molecule has 0 saturated carbocycles. The van der Waals surface area contributed by atoms with E-state index in [0.717, 1.165) is 30.3 Å². The molecule has 0 aromatic heterocycles. The molecule has 3 heteroatoms. The second-order valence-corrected chi connectivity index (χ2v) is 7.02. The first-order chi connectivity index (χ1) is 11.6. The van der Waals surface area contributed by atoms with Gasteiger partial charge in [0.05, 0.1) is 6.10 Å². The van der Waals surface area contributed by atoms with E-state index in [1.54, 1.807) is 0 Å². The summed E-state index contributed by atoms with van der Waals surface area (Å²) < 4.78 is 0. The summed E-state index contributed by atoms with van der Waals surface area (Å²) in [6, 6.07) is 18.5. The molecule has 2 aromatic carbocycles. The van der Waals surface area contributed by atoms with Crippen LogP contribution in [0.15, 0.2) is 54.6 Å². The van der Waals surface area contributed by atoms with Crippen molar-refractivity contribution in [2.45, 2.75) is 38.3 Å². The summed E-state index contributed by atoms with van der Waals surface area (Å²) >= 11 is 0. The Balaban J connectivity index is 1.53. The van der Waals surface area contributed by atoms with Crippen molar-refractivity contribution < 1.29 is 5.11 Å². The number of benzene rings is 2. The van der Waals surface area contributed by atoms with Crippen LogP contribution in [0.25, 0.3) is 0 Å². The van der Waals surface area contributed by atoms with E-state index in [1.165, 1.54) is 24.8 Å². The summed E-state index contributed by atoms with van der Waals surface area (Å²) in [5, 5.41) is 10.7. The Morgan fingerprint density at radius 3 is 2.29 bits per heavy atom. The number of anilines is 1. The molecule has 1 fully saturated rings. The lowest BCUT2D eigenvalue weighted by Gasteiger charge is -2.38. The van der Waals surface area contributed by atoms with Crippen LogP contribution in [0, 0.1) is 5.92 Å². The van der Waals surface area contributed by atoms with E-state index in [4.69, 9.17) is 5.73 Å². The molecule has 1 heterocycles. The highest BCUT2D eigenvalue weighted by Crippen LogP contribution is 2.27. The van der Waals surface area contributed by atoms with Gasteiger partial charge in [-0.05, 0) is 68.5 Å². The fourth-order valence-corrected chi connectivity index (χ4v) is 3.68. The number of nitrogens with two attached hydrogens (primary N) is 1. The van der Waals surface area contributed by atoms with E-state index in [-0.39, 0.29) is 6.04 Å². The Morgan fingerprint density at radius 2 is 1.67 bits per heavy atom. The van der Waals surface area contributed by atoms with Crippen molar-refractivity contribution in [2.24, 2.45) is 5.92 Å². The molecular formula is C21H28N2O. The quantitative estimate of drug-likeness (QED) is 0.826. The number of nitrogen functional groups attached to an aromatic ring is 1. The van der Waals surface area contributed by atoms with E-state index in [9.17, 15) is 5.11 Å². The molecule has 0 unspecified atom stereocenters.